The van der Waals surface area contributed by atoms with Crippen LogP contribution in [0.1, 0.15) is 67.2 Å². The van der Waals surface area contributed by atoms with Gasteiger partial charge in [-0.1, -0.05) is 36.8 Å². The predicted octanol–water partition coefficient (Wildman–Crippen LogP) is 5.21. The van der Waals surface area contributed by atoms with Crippen LogP contribution in [-0.2, 0) is 38.3 Å². The summed E-state index contributed by atoms with van der Waals surface area (Å²) < 4.78 is 30.0. The molecule has 0 spiro atoms. The van der Waals surface area contributed by atoms with E-state index in [2.05, 4.69) is 10.4 Å². The average Bonchev–Trinajstić information content (AvgIpc) is 3.29. The lowest BCUT2D eigenvalue weighted by Crippen LogP contribution is -2.37. The van der Waals surface area contributed by atoms with Crippen LogP contribution in [0.2, 0.25) is 0 Å². The number of allylic oxidation sites excluding steroid dienone is 1. The zero-order valence-corrected chi connectivity index (χ0v) is 25.1. The predicted molar refractivity (Wildman–Crippen MR) is 155 cm³/mol. The number of cyclic esters (lactones) is 1. The Morgan fingerprint density at radius 1 is 1.20 bits per heavy atom. The maximum absolute atomic E-state index is 13.7. The van der Waals surface area contributed by atoms with Crippen molar-refractivity contribution in [2.24, 2.45) is 0 Å². The first-order valence-electron chi connectivity index (χ1n) is 13.7. The molecule has 3 N–H and O–H groups in total. The van der Waals surface area contributed by atoms with Crippen molar-refractivity contribution in [2.45, 2.75) is 73.1 Å². The van der Waals surface area contributed by atoms with Crippen molar-refractivity contribution in [3.8, 4) is 11.5 Å². The SMILES string of the molecule is CCc1c(C)c2c(c(O)c1C/C=C(\C)CNCCP(=O)(N[C@@H](C)C(=O)OC(C)C)Oc1ccccc1)C(=O)OC2. The van der Waals surface area contributed by atoms with E-state index in [4.69, 9.17) is 14.0 Å². The fraction of sp³-hybridized carbons (Fsp3) is 0.467. The molecule has 2 atom stereocenters. The lowest BCUT2D eigenvalue weighted by atomic mass is 9.89. The Balaban J connectivity index is 1.64. The van der Waals surface area contributed by atoms with Crippen molar-refractivity contribution >= 4 is 19.5 Å². The molecule has 0 amide bonds. The first-order valence-corrected chi connectivity index (χ1v) is 15.5. The number of carbonyl (C=O) groups is 2. The maximum atomic E-state index is 13.7. The van der Waals surface area contributed by atoms with E-state index in [1.807, 2.05) is 32.9 Å². The lowest BCUT2D eigenvalue weighted by Gasteiger charge is -2.24. The van der Waals surface area contributed by atoms with Crippen molar-refractivity contribution < 1.29 is 33.3 Å². The smallest absolute Gasteiger partial charge is 0.342 e. The van der Waals surface area contributed by atoms with E-state index in [0.29, 0.717) is 25.3 Å². The van der Waals surface area contributed by atoms with Crippen LogP contribution in [0, 0.1) is 6.92 Å². The molecular weight excluding hydrogens is 531 g/mol. The van der Waals surface area contributed by atoms with Gasteiger partial charge in [0.25, 0.3) is 0 Å². The van der Waals surface area contributed by atoms with E-state index in [1.165, 1.54) is 0 Å². The fourth-order valence-electron chi connectivity index (χ4n) is 4.67. The van der Waals surface area contributed by atoms with Crippen LogP contribution in [-0.4, -0.2) is 48.4 Å². The summed E-state index contributed by atoms with van der Waals surface area (Å²) in [5, 5.41) is 17.0. The van der Waals surface area contributed by atoms with Gasteiger partial charge >= 0.3 is 19.5 Å². The van der Waals surface area contributed by atoms with Gasteiger partial charge in [0.1, 0.15) is 29.7 Å². The van der Waals surface area contributed by atoms with Crippen LogP contribution in [0.3, 0.4) is 0 Å². The normalized spacial score (nSPS) is 15.4. The quantitative estimate of drug-likeness (QED) is 0.121. The highest BCUT2D eigenvalue weighted by atomic mass is 31.2. The second kappa shape index (κ2) is 14.0. The molecule has 10 heteroatoms. The van der Waals surface area contributed by atoms with Gasteiger partial charge in [0, 0.05) is 24.2 Å². The van der Waals surface area contributed by atoms with Gasteiger partial charge < -0.3 is 24.4 Å². The van der Waals surface area contributed by atoms with Gasteiger partial charge in [0.05, 0.1) is 12.3 Å². The number of rotatable bonds is 14. The molecule has 0 radical (unpaired) electrons. The monoisotopic (exact) mass is 572 g/mol. The van der Waals surface area contributed by atoms with E-state index in [0.717, 1.165) is 34.2 Å². The van der Waals surface area contributed by atoms with Gasteiger partial charge in [-0.2, -0.15) is 0 Å². The summed E-state index contributed by atoms with van der Waals surface area (Å²) >= 11 is 0. The third kappa shape index (κ3) is 7.96. The standard InChI is InChI=1S/C30H41N2O7P/c1-7-24-21(5)26-18-37-30(35)27(26)28(33)25(24)14-13-20(4)17-31-15-16-40(36,39-23-11-9-8-10-12-23)32-22(6)29(34)38-19(2)3/h8-13,19,22,31,33H,7,14-18H2,1-6H3,(H,32,36)/b20-13+/t22-,40?/m0/s1. The fourth-order valence-corrected chi connectivity index (χ4v) is 6.56. The number of hydrogen-bond acceptors (Lipinski definition) is 8. The second-order valence-corrected chi connectivity index (χ2v) is 12.5. The third-order valence-electron chi connectivity index (χ3n) is 6.73. The number of hydrogen-bond donors (Lipinski definition) is 3. The van der Waals surface area contributed by atoms with Crippen LogP contribution in [0.4, 0.5) is 0 Å². The van der Waals surface area contributed by atoms with Crippen LogP contribution >= 0.6 is 7.52 Å². The van der Waals surface area contributed by atoms with Crippen LogP contribution in [0.5, 0.6) is 11.5 Å². The van der Waals surface area contributed by atoms with Crippen molar-refractivity contribution in [1.29, 1.82) is 0 Å². The van der Waals surface area contributed by atoms with Gasteiger partial charge in [-0.05, 0) is 70.7 Å². The number of nitrogens with one attached hydrogen (secondary N) is 2. The molecule has 0 aromatic heterocycles. The largest absolute Gasteiger partial charge is 0.507 e. The first-order chi connectivity index (χ1) is 19.0. The summed E-state index contributed by atoms with van der Waals surface area (Å²) in [6.45, 7) is 12.2. The van der Waals surface area contributed by atoms with Crippen LogP contribution in [0.25, 0.3) is 0 Å². The molecule has 1 unspecified atom stereocenters. The second-order valence-electron chi connectivity index (χ2n) is 10.3. The van der Waals surface area contributed by atoms with E-state index >= 15 is 0 Å². The van der Waals surface area contributed by atoms with Gasteiger partial charge in [0.15, 0.2) is 0 Å². The summed E-state index contributed by atoms with van der Waals surface area (Å²) in [7, 11) is -3.46. The van der Waals surface area contributed by atoms with E-state index in [-0.39, 0.29) is 30.2 Å². The zero-order chi connectivity index (χ0) is 29.4. The van der Waals surface area contributed by atoms with E-state index in [9.17, 15) is 19.3 Å². The Hall–Kier alpha value is -3.13. The number of aromatic hydroxyl groups is 1. The molecular formula is C30H41N2O7P. The zero-order valence-electron chi connectivity index (χ0n) is 24.2. The van der Waals surface area contributed by atoms with Gasteiger partial charge in [0.2, 0.25) is 0 Å². The molecule has 2 aromatic carbocycles. The van der Waals surface area contributed by atoms with Gasteiger partial charge in [-0.15, -0.1) is 0 Å². The Morgan fingerprint density at radius 3 is 2.55 bits per heavy atom. The number of para-hydroxylation sites is 1. The summed E-state index contributed by atoms with van der Waals surface area (Å²) in [5.74, 6) is -0.529. The number of benzene rings is 2. The highest BCUT2D eigenvalue weighted by Crippen LogP contribution is 2.43. The third-order valence-corrected chi connectivity index (χ3v) is 8.83. The van der Waals surface area contributed by atoms with Gasteiger partial charge in [-0.25, -0.2) is 9.88 Å². The topological polar surface area (TPSA) is 123 Å². The molecule has 1 aliphatic heterocycles. The molecule has 0 aliphatic carbocycles. The lowest BCUT2D eigenvalue weighted by molar-refractivity contribution is -0.149. The number of ether oxygens (including phenoxy) is 2. The number of phenols is 1. The molecule has 1 heterocycles. The minimum absolute atomic E-state index is 0.00662. The number of fused-ring (bicyclic) bond motifs is 1. The van der Waals surface area contributed by atoms with Crippen LogP contribution in [0.15, 0.2) is 42.0 Å². The van der Waals surface area contributed by atoms with E-state index in [1.54, 1.807) is 45.0 Å². The Bertz CT molecular complexity index is 1290. The van der Waals surface area contributed by atoms with Crippen molar-refractivity contribution in [1.82, 2.24) is 10.4 Å². The number of phenolic OH excluding ortho intramolecular Hbond substituents is 1. The minimum atomic E-state index is -3.46. The molecule has 40 heavy (non-hydrogen) atoms. The van der Waals surface area contributed by atoms with Crippen LogP contribution < -0.4 is 14.9 Å². The van der Waals surface area contributed by atoms with Crippen molar-refractivity contribution in [3.05, 3.63) is 69.8 Å². The molecule has 218 valence electrons. The minimum Gasteiger partial charge on any atom is -0.507 e. The Kier molecular flexibility index (Phi) is 11.0. The Labute approximate surface area is 236 Å². The summed E-state index contributed by atoms with van der Waals surface area (Å²) in [4.78, 5) is 24.5. The number of esters is 2. The van der Waals surface area contributed by atoms with Crippen molar-refractivity contribution in [2.75, 3.05) is 19.3 Å². The molecule has 0 fully saturated rings. The van der Waals surface area contributed by atoms with E-state index < -0.39 is 25.5 Å². The highest BCUT2D eigenvalue weighted by Gasteiger charge is 2.32. The molecule has 2 aromatic rings. The highest BCUT2D eigenvalue weighted by molar-refractivity contribution is 7.57. The molecule has 0 bridgehead atoms. The average molecular weight is 573 g/mol. The number of carbonyl (C=O) groups excluding carboxylic acids is 2. The summed E-state index contributed by atoms with van der Waals surface area (Å²) in [6.07, 6.45) is 3.06. The molecule has 0 saturated carbocycles. The molecule has 3 rings (SSSR count). The maximum Gasteiger partial charge on any atom is 0.342 e. The summed E-state index contributed by atoms with van der Waals surface area (Å²) in [5.41, 5.74) is 4.83. The molecule has 0 saturated heterocycles. The molecule has 9 nitrogen and oxygen atoms in total. The Morgan fingerprint density at radius 2 is 1.90 bits per heavy atom. The summed E-state index contributed by atoms with van der Waals surface area (Å²) in [6, 6.07) is 8.03. The van der Waals surface area contributed by atoms with Crippen molar-refractivity contribution in [3.63, 3.8) is 0 Å². The first kappa shape index (κ1) is 31.4. The molecule has 1 aliphatic rings. The van der Waals surface area contributed by atoms with Gasteiger partial charge in [-0.3, -0.25) is 9.36 Å².